The molecule has 1 aromatic heterocycles. The largest absolute Gasteiger partial charge is 0.481 e. The topological polar surface area (TPSA) is 77.2 Å². The first kappa shape index (κ1) is 17.9. The van der Waals surface area contributed by atoms with Gasteiger partial charge in [-0.3, -0.25) is 4.79 Å². The van der Waals surface area contributed by atoms with Crippen LogP contribution in [-0.4, -0.2) is 22.2 Å². The second kappa shape index (κ2) is 8.49. The molecule has 0 unspecified atom stereocenters. The van der Waals surface area contributed by atoms with Crippen LogP contribution in [0.5, 0.6) is 5.75 Å². The van der Waals surface area contributed by atoms with Crippen LogP contribution in [0.15, 0.2) is 59.1 Å². The second-order valence-electron chi connectivity index (χ2n) is 5.54. The molecule has 0 aliphatic rings. The maximum Gasteiger partial charge on any atom is 0.261 e. The lowest BCUT2D eigenvalue weighted by molar-refractivity contribution is -0.128. The molecule has 3 aromatic rings. The predicted octanol–water partition coefficient (Wildman–Crippen LogP) is 3.86. The number of aromatic nitrogens is 2. The fourth-order valence-electron chi connectivity index (χ4n) is 2.34. The van der Waals surface area contributed by atoms with Gasteiger partial charge in [-0.1, -0.05) is 54.0 Å². The average Bonchev–Trinajstić information content (AvgIpc) is 3.14. The monoisotopic (exact) mass is 371 g/mol. The highest BCUT2D eigenvalue weighted by Gasteiger charge is 2.19. The van der Waals surface area contributed by atoms with Crippen molar-refractivity contribution in [3.05, 3.63) is 65.5 Å². The standard InChI is InChI=1S/C19H18ClN3O3/c1-2-16(25-13-8-4-3-5-9-13)19(24)21-12-17-22-18(23-26-17)14-10-6-7-11-15(14)20/h3-11,16H,2,12H2,1H3,(H,21,24)/t16-/m1/s1. The number of amides is 1. The van der Waals surface area contributed by atoms with E-state index >= 15 is 0 Å². The molecule has 0 aliphatic carbocycles. The highest BCUT2D eigenvalue weighted by molar-refractivity contribution is 6.33. The molecule has 2 aromatic carbocycles. The van der Waals surface area contributed by atoms with Gasteiger partial charge < -0.3 is 14.6 Å². The lowest BCUT2D eigenvalue weighted by Crippen LogP contribution is -2.37. The molecule has 6 nitrogen and oxygen atoms in total. The highest BCUT2D eigenvalue weighted by atomic mass is 35.5. The van der Waals surface area contributed by atoms with Gasteiger partial charge in [-0.25, -0.2) is 0 Å². The molecule has 7 heteroatoms. The van der Waals surface area contributed by atoms with E-state index in [9.17, 15) is 4.79 Å². The zero-order valence-corrected chi connectivity index (χ0v) is 14.9. The van der Waals surface area contributed by atoms with Crippen molar-refractivity contribution in [2.45, 2.75) is 26.0 Å². The van der Waals surface area contributed by atoms with Gasteiger partial charge in [-0.2, -0.15) is 4.98 Å². The van der Waals surface area contributed by atoms with Crippen molar-refractivity contribution < 1.29 is 14.1 Å². The maximum atomic E-state index is 12.3. The summed E-state index contributed by atoms with van der Waals surface area (Å²) in [5.41, 5.74) is 0.675. The van der Waals surface area contributed by atoms with Gasteiger partial charge in [0.25, 0.3) is 5.91 Å². The fourth-order valence-corrected chi connectivity index (χ4v) is 2.56. The van der Waals surface area contributed by atoms with Gasteiger partial charge in [0, 0.05) is 5.56 Å². The number of para-hydroxylation sites is 1. The molecule has 1 heterocycles. The van der Waals surface area contributed by atoms with E-state index in [0.717, 1.165) is 0 Å². The molecule has 0 bridgehead atoms. The third-order valence-electron chi connectivity index (χ3n) is 3.68. The van der Waals surface area contributed by atoms with Crippen LogP contribution in [0.25, 0.3) is 11.4 Å². The molecule has 0 radical (unpaired) electrons. The second-order valence-corrected chi connectivity index (χ2v) is 5.94. The molecule has 0 spiro atoms. The molecule has 0 saturated carbocycles. The van der Waals surface area contributed by atoms with E-state index < -0.39 is 6.10 Å². The third-order valence-corrected chi connectivity index (χ3v) is 4.01. The van der Waals surface area contributed by atoms with E-state index in [-0.39, 0.29) is 12.5 Å². The number of rotatable bonds is 7. The molecule has 134 valence electrons. The molecule has 3 rings (SSSR count). The first-order valence-corrected chi connectivity index (χ1v) is 8.62. The normalized spacial score (nSPS) is 11.8. The Kier molecular flexibility index (Phi) is 5.86. The molecular weight excluding hydrogens is 354 g/mol. The number of nitrogens with one attached hydrogen (secondary N) is 1. The smallest absolute Gasteiger partial charge is 0.261 e. The molecule has 1 atom stereocenters. The van der Waals surface area contributed by atoms with E-state index in [1.165, 1.54) is 0 Å². The zero-order chi connectivity index (χ0) is 18.4. The molecule has 26 heavy (non-hydrogen) atoms. The van der Waals surface area contributed by atoms with Crippen LogP contribution in [0.4, 0.5) is 0 Å². The van der Waals surface area contributed by atoms with Crippen molar-refractivity contribution in [3.63, 3.8) is 0 Å². The number of halogens is 1. The molecule has 0 aliphatic heterocycles. The van der Waals surface area contributed by atoms with Crippen LogP contribution in [0, 0.1) is 0 Å². The molecule has 0 fully saturated rings. The number of carbonyl (C=O) groups excluding carboxylic acids is 1. The van der Waals surface area contributed by atoms with Crippen LogP contribution < -0.4 is 10.1 Å². The summed E-state index contributed by atoms with van der Waals surface area (Å²) in [6.07, 6.45) is -0.0570. The number of hydrogen-bond donors (Lipinski definition) is 1. The number of carbonyl (C=O) groups is 1. The van der Waals surface area contributed by atoms with E-state index in [1.54, 1.807) is 12.1 Å². The Labute approximate surface area is 156 Å². The minimum absolute atomic E-state index is 0.116. The van der Waals surface area contributed by atoms with Crippen LogP contribution in [-0.2, 0) is 11.3 Å². The predicted molar refractivity (Wildman–Crippen MR) is 97.7 cm³/mol. The Balaban J connectivity index is 1.60. The van der Waals surface area contributed by atoms with Crippen molar-refractivity contribution >= 4 is 17.5 Å². The highest BCUT2D eigenvalue weighted by Crippen LogP contribution is 2.24. The summed E-state index contributed by atoms with van der Waals surface area (Å²) in [6.45, 7) is 2.00. The summed E-state index contributed by atoms with van der Waals surface area (Å²) in [5.74, 6) is 1.08. The van der Waals surface area contributed by atoms with Gasteiger partial charge in [-0.05, 0) is 30.7 Å². The van der Waals surface area contributed by atoms with Crippen molar-refractivity contribution in [2.24, 2.45) is 0 Å². The van der Waals surface area contributed by atoms with Crippen molar-refractivity contribution in [2.75, 3.05) is 0 Å². The van der Waals surface area contributed by atoms with Crippen molar-refractivity contribution in [3.8, 4) is 17.1 Å². The van der Waals surface area contributed by atoms with Gasteiger partial charge in [0.05, 0.1) is 11.6 Å². The molecule has 1 amide bonds. The van der Waals surface area contributed by atoms with Gasteiger partial charge in [0.1, 0.15) is 5.75 Å². The van der Waals surface area contributed by atoms with E-state index in [2.05, 4.69) is 15.5 Å². The fraction of sp³-hybridized carbons (Fsp3) is 0.211. The Bertz CT molecular complexity index is 867. The Morgan fingerprint density at radius 3 is 2.65 bits per heavy atom. The lowest BCUT2D eigenvalue weighted by Gasteiger charge is -2.16. The van der Waals surface area contributed by atoms with E-state index in [4.69, 9.17) is 20.9 Å². The van der Waals surface area contributed by atoms with Crippen LogP contribution in [0.2, 0.25) is 5.02 Å². The average molecular weight is 372 g/mol. The van der Waals surface area contributed by atoms with Gasteiger partial charge in [0.2, 0.25) is 11.7 Å². The Hall–Kier alpha value is -2.86. The first-order chi connectivity index (χ1) is 12.7. The van der Waals surface area contributed by atoms with Gasteiger partial charge in [0.15, 0.2) is 6.10 Å². The Morgan fingerprint density at radius 1 is 1.19 bits per heavy atom. The molecular formula is C19H18ClN3O3. The van der Waals surface area contributed by atoms with Crippen LogP contribution in [0.1, 0.15) is 19.2 Å². The quantitative estimate of drug-likeness (QED) is 0.682. The summed E-state index contributed by atoms with van der Waals surface area (Å²) >= 11 is 6.12. The number of ether oxygens (including phenoxy) is 1. The van der Waals surface area contributed by atoms with E-state index in [0.29, 0.717) is 34.5 Å². The Morgan fingerprint density at radius 2 is 1.92 bits per heavy atom. The van der Waals surface area contributed by atoms with Gasteiger partial charge in [-0.15, -0.1) is 0 Å². The minimum Gasteiger partial charge on any atom is -0.481 e. The summed E-state index contributed by atoms with van der Waals surface area (Å²) in [7, 11) is 0. The number of hydrogen-bond acceptors (Lipinski definition) is 5. The third kappa shape index (κ3) is 4.40. The minimum atomic E-state index is -0.594. The molecule has 1 N–H and O–H groups in total. The zero-order valence-electron chi connectivity index (χ0n) is 14.2. The van der Waals surface area contributed by atoms with E-state index in [1.807, 2.05) is 49.4 Å². The van der Waals surface area contributed by atoms with Crippen LogP contribution >= 0.6 is 11.6 Å². The summed E-state index contributed by atoms with van der Waals surface area (Å²) < 4.78 is 10.9. The van der Waals surface area contributed by atoms with Crippen molar-refractivity contribution in [1.82, 2.24) is 15.5 Å². The summed E-state index contributed by atoms with van der Waals surface area (Å²) in [4.78, 5) is 16.6. The first-order valence-electron chi connectivity index (χ1n) is 8.24. The van der Waals surface area contributed by atoms with Crippen LogP contribution in [0.3, 0.4) is 0 Å². The SMILES string of the molecule is CC[C@@H](Oc1ccccc1)C(=O)NCc1nc(-c2ccccc2Cl)no1. The molecule has 0 saturated heterocycles. The van der Waals surface area contributed by atoms with Crippen molar-refractivity contribution in [1.29, 1.82) is 0 Å². The summed E-state index contributed by atoms with van der Waals surface area (Å²) in [5, 5.41) is 7.19. The number of benzene rings is 2. The lowest BCUT2D eigenvalue weighted by atomic mass is 10.2. The maximum absolute atomic E-state index is 12.3. The summed E-state index contributed by atoms with van der Waals surface area (Å²) in [6, 6.07) is 16.4. The number of nitrogens with zero attached hydrogens (tertiary/aromatic N) is 2. The van der Waals surface area contributed by atoms with Gasteiger partial charge >= 0.3 is 0 Å².